The molecule has 0 unspecified atom stereocenters. The van der Waals surface area contributed by atoms with Gasteiger partial charge >= 0.3 is 0 Å². The molecule has 1 heterocycles. The minimum Gasteiger partial charge on any atom is -0.379 e. The van der Waals surface area contributed by atoms with Crippen LogP contribution in [0, 0.1) is 5.92 Å². The van der Waals surface area contributed by atoms with E-state index in [4.69, 9.17) is 4.74 Å². The van der Waals surface area contributed by atoms with Gasteiger partial charge in [-0.25, -0.2) is 8.42 Å². The molecule has 0 aliphatic carbocycles. The van der Waals surface area contributed by atoms with Gasteiger partial charge in [-0.15, -0.1) is 0 Å². The number of hydrogen-bond acceptors (Lipinski definition) is 4. The molecule has 0 radical (unpaired) electrons. The van der Waals surface area contributed by atoms with Crippen molar-refractivity contribution in [2.45, 2.75) is 25.2 Å². The van der Waals surface area contributed by atoms with Crippen LogP contribution in [0.4, 0.5) is 5.69 Å². The molecule has 1 amide bonds. The summed E-state index contributed by atoms with van der Waals surface area (Å²) < 4.78 is 31.5. The Bertz CT molecular complexity index is 607. The van der Waals surface area contributed by atoms with Crippen LogP contribution in [0.2, 0.25) is 0 Å². The van der Waals surface area contributed by atoms with E-state index in [9.17, 15) is 13.2 Å². The van der Waals surface area contributed by atoms with E-state index in [-0.39, 0.29) is 16.7 Å². The van der Waals surface area contributed by atoms with E-state index in [0.717, 1.165) is 6.42 Å². The van der Waals surface area contributed by atoms with E-state index in [0.29, 0.717) is 32.0 Å². The van der Waals surface area contributed by atoms with Crippen LogP contribution >= 0.6 is 0 Å². The highest BCUT2D eigenvalue weighted by atomic mass is 32.2. The molecule has 7 heteroatoms. The average molecular weight is 326 g/mol. The maximum atomic E-state index is 12.5. The van der Waals surface area contributed by atoms with E-state index in [1.807, 2.05) is 13.8 Å². The Balaban J connectivity index is 2.09. The van der Waals surface area contributed by atoms with Crippen molar-refractivity contribution < 1.29 is 17.9 Å². The topological polar surface area (TPSA) is 75.7 Å². The molecular weight excluding hydrogens is 304 g/mol. The quantitative estimate of drug-likeness (QED) is 0.893. The summed E-state index contributed by atoms with van der Waals surface area (Å²) in [7, 11) is -3.49. The molecule has 1 aliphatic heterocycles. The Morgan fingerprint density at radius 3 is 2.41 bits per heavy atom. The van der Waals surface area contributed by atoms with Gasteiger partial charge in [-0.2, -0.15) is 4.31 Å². The van der Waals surface area contributed by atoms with Gasteiger partial charge in [-0.05, 0) is 30.7 Å². The number of sulfonamides is 1. The number of anilines is 1. The largest absolute Gasteiger partial charge is 0.379 e. The predicted molar refractivity (Wildman–Crippen MR) is 84.1 cm³/mol. The van der Waals surface area contributed by atoms with Crippen molar-refractivity contribution in [3.8, 4) is 0 Å². The molecule has 1 N–H and O–H groups in total. The summed E-state index contributed by atoms with van der Waals surface area (Å²) in [5.41, 5.74) is 0.603. The van der Waals surface area contributed by atoms with Crippen molar-refractivity contribution in [2.75, 3.05) is 31.6 Å². The molecular formula is C15H22N2O4S. The lowest BCUT2D eigenvalue weighted by Gasteiger charge is -2.26. The number of carbonyl (C=O) groups is 1. The molecule has 1 saturated heterocycles. The number of hydrogen-bond donors (Lipinski definition) is 1. The molecule has 2 rings (SSSR count). The number of nitrogens with one attached hydrogen (secondary N) is 1. The van der Waals surface area contributed by atoms with Gasteiger partial charge in [-0.1, -0.05) is 13.8 Å². The molecule has 122 valence electrons. The Morgan fingerprint density at radius 1 is 1.27 bits per heavy atom. The lowest BCUT2D eigenvalue weighted by Crippen LogP contribution is -2.40. The Labute approximate surface area is 131 Å². The van der Waals surface area contributed by atoms with E-state index in [1.54, 1.807) is 12.1 Å². The first-order valence-electron chi connectivity index (χ1n) is 7.44. The van der Waals surface area contributed by atoms with Crippen LogP contribution in [0.25, 0.3) is 0 Å². The Kier molecular flexibility index (Phi) is 5.55. The zero-order valence-electron chi connectivity index (χ0n) is 12.9. The summed E-state index contributed by atoms with van der Waals surface area (Å²) in [4.78, 5) is 12.1. The van der Waals surface area contributed by atoms with Crippen molar-refractivity contribution in [3.05, 3.63) is 24.3 Å². The van der Waals surface area contributed by atoms with E-state index in [2.05, 4.69) is 5.32 Å². The van der Waals surface area contributed by atoms with Crippen molar-refractivity contribution in [1.29, 1.82) is 0 Å². The van der Waals surface area contributed by atoms with E-state index < -0.39 is 10.0 Å². The SMILES string of the molecule is CC[C@H](C)C(=O)Nc1ccc(S(=O)(=O)N2CCOCC2)cc1. The number of nitrogens with zero attached hydrogens (tertiary/aromatic N) is 1. The fraction of sp³-hybridized carbons (Fsp3) is 0.533. The highest BCUT2D eigenvalue weighted by Crippen LogP contribution is 2.20. The van der Waals surface area contributed by atoms with Gasteiger partial charge in [0.1, 0.15) is 0 Å². The van der Waals surface area contributed by atoms with Crippen LogP contribution < -0.4 is 5.32 Å². The molecule has 6 nitrogen and oxygen atoms in total. The first-order chi connectivity index (χ1) is 10.4. The molecule has 0 saturated carbocycles. The van der Waals surface area contributed by atoms with Gasteiger partial charge in [0.25, 0.3) is 0 Å². The smallest absolute Gasteiger partial charge is 0.243 e. The molecule has 1 aromatic carbocycles. The first kappa shape index (κ1) is 16.9. The molecule has 22 heavy (non-hydrogen) atoms. The molecule has 1 atom stereocenters. The minimum absolute atomic E-state index is 0.0636. The molecule has 1 aliphatic rings. The summed E-state index contributed by atoms with van der Waals surface area (Å²) in [5.74, 6) is -0.136. The summed E-state index contributed by atoms with van der Waals surface area (Å²) in [6, 6.07) is 6.29. The zero-order chi connectivity index (χ0) is 16.2. The van der Waals surface area contributed by atoms with Gasteiger partial charge in [0.05, 0.1) is 18.1 Å². The first-order valence-corrected chi connectivity index (χ1v) is 8.88. The lowest BCUT2D eigenvalue weighted by molar-refractivity contribution is -0.119. The lowest BCUT2D eigenvalue weighted by atomic mass is 10.1. The number of benzene rings is 1. The van der Waals surface area contributed by atoms with Crippen LogP contribution in [0.1, 0.15) is 20.3 Å². The van der Waals surface area contributed by atoms with Gasteiger partial charge in [0.15, 0.2) is 0 Å². The third-order valence-electron chi connectivity index (χ3n) is 3.79. The third kappa shape index (κ3) is 3.85. The van der Waals surface area contributed by atoms with Gasteiger partial charge < -0.3 is 10.1 Å². The van der Waals surface area contributed by atoms with Crippen LogP contribution in [-0.4, -0.2) is 44.9 Å². The van der Waals surface area contributed by atoms with Crippen LogP contribution in [0.5, 0.6) is 0 Å². The molecule has 0 bridgehead atoms. The monoisotopic (exact) mass is 326 g/mol. The molecule has 0 spiro atoms. The van der Waals surface area contributed by atoms with Gasteiger partial charge in [0, 0.05) is 24.7 Å². The second-order valence-corrected chi connectivity index (χ2v) is 7.28. The molecule has 0 aromatic heterocycles. The fourth-order valence-corrected chi connectivity index (χ4v) is 3.51. The number of rotatable bonds is 5. The van der Waals surface area contributed by atoms with Crippen LogP contribution in [-0.2, 0) is 19.6 Å². The summed E-state index contributed by atoms with van der Waals surface area (Å²) in [6.45, 7) is 5.38. The number of morpholine rings is 1. The number of carbonyl (C=O) groups excluding carboxylic acids is 1. The summed E-state index contributed by atoms with van der Waals surface area (Å²) >= 11 is 0. The second kappa shape index (κ2) is 7.21. The number of amides is 1. The minimum atomic E-state index is -3.49. The van der Waals surface area contributed by atoms with E-state index >= 15 is 0 Å². The highest BCUT2D eigenvalue weighted by Gasteiger charge is 2.26. The number of ether oxygens (including phenoxy) is 1. The maximum Gasteiger partial charge on any atom is 0.243 e. The average Bonchev–Trinajstić information content (AvgIpc) is 2.55. The normalized spacial score (nSPS) is 17.9. The van der Waals surface area contributed by atoms with Crippen molar-refractivity contribution in [2.24, 2.45) is 5.92 Å². The maximum absolute atomic E-state index is 12.5. The van der Waals surface area contributed by atoms with Crippen molar-refractivity contribution in [3.63, 3.8) is 0 Å². The van der Waals surface area contributed by atoms with Crippen molar-refractivity contribution in [1.82, 2.24) is 4.31 Å². The third-order valence-corrected chi connectivity index (χ3v) is 5.70. The standard InChI is InChI=1S/C15H22N2O4S/c1-3-12(2)15(18)16-13-4-6-14(7-5-13)22(19,20)17-8-10-21-11-9-17/h4-7,12H,3,8-11H2,1-2H3,(H,16,18)/t12-/m0/s1. The molecule has 1 aromatic rings. The summed E-state index contributed by atoms with van der Waals surface area (Å²) in [5, 5.41) is 2.78. The van der Waals surface area contributed by atoms with Crippen LogP contribution in [0.15, 0.2) is 29.2 Å². The predicted octanol–water partition coefficient (Wildman–Crippen LogP) is 1.69. The van der Waals surface area contributed by atoms with E-state index in [1.165, 1.54) is 16.4 Å². The highest BCUT2D eigenvalue weighted by molar-refractivity contribution is 7.89. The Hall–Kier alpha value is -1.44. The van der Waals surface area contributed by atoms with Crippen LogP contribution in [0.3, 0.4) is 0 Å². The van der Waals surface area contributed by atoms with Gasteiger partial charge in [0.2, 0.25) is 15.9 Å². The zero-order valence-corrected chi connectivity index (χ0v) is 13.7. The second-order valence-electron chi connectivity index (χ2n) is 5.34. The van der Waals surface area contributed by atoms with Crippen molar-refractivity contribution >= 4 is 21.6 Å². The Morgan fingerprint density at radius 2 is 1.86 bits per heavy atom. The molecule has 1 fully saturated rings. The fourth-order valence-electron chi connectivity index (χ4n) is 2.10. The summed E-state index contributed by atoms with van der Waals surface area (Å²) in [6.07, 6.45) is 0.759. The van der Waals surface area contributed by atoms with Gasteiger partial charge in [-0.3, -0.25) is 4.79 Å².